The predicted molar refractivity (Wildman–Crippen MR) is 73.0 cm³/mol. The summed E-state index contributed by atoms with van der Waals surface area (Å²) in [6.07, 6.45) is 0. The van der Waals surface area contributed by atoms with Gasteiger partial charge in [0.05, 0.1) is 6.67 Å². The van der Waals surface area contributed by atoms with Crippen molar-refractivity contribution in [1.82, 2.24) is 9.80 Å². The molecule has 2 bridgehead atoms. The Hall–Kier alpha value is -0.220. The lowest BCUT2D eigenvalue weighted by molar-refractivity contribution is -0.136. The van der Waals surface area contributed by atoms with E-state index in [4.69, 9.17) is 0 Å². The SMILES string of the molecule is CC(C)C(=O)N1CC2CSCCN(CC2C)C1. The van der Waals surface area contributed by atoms with Crippen molar-refractivity contribution in [3.8, 4) is 0 Å². The van der Waals surface area contributed by atoms with Crippen LogP contribution in [0, 0.1) is 17.8 Å². The molecule has 3 unspecified atom stereocenters. The molecule has 0 aromatic heterocycles. The number of thioether (sulfide) groups is 1. The van der Waals surface area contributed by atoms with E-state index in [-0.39, 0.29) is 5.92 Å². The molecule has 2 heterocycles. The van der Waals surface area contributed by atoms with Crippen LogP contribution in [0.15, 0.2) is 0 Å². The molecule has 2 fully saturated rings. The fraction of sp³-hybridized carbons (Fsp3) is 0.923. The molecule has 2 saturated heterocycles. The third-order valence-electron chi connectivity index (χ3n) is 3.87. The van der Waals surface area contributed by atoms with Crippen LogP contribution in [-0.2, 0) is 4.79 Å². The van der Waals surface area contributed by atoms with Crippen molar-refractivity contribution < 1.29 is 4.79 Å². The molecule has 2 aliphatic rings. The van der Waals surface area contributed by atoms with E-state index in [0.717, 1.165) is 26.3 Å². The van der Waals surface area contributed by atoms with E-state index >= 15 is 0 Å². The second-order valence-corrected chi connectivity index (χ2v) is 6.90. The third-order valence-corrected chi connectivity index (χ3v) is 5.00. The Morgan fingerprint density at radius 1 is 1.35 bits per heavy atom. The molecule has 0 spiro atoms. The Kier molecular flexibility index (Phi) is 4.36. The molecule has 0 N–H and O–H groups in total. The fourth-order valence-corrected chi connectivity index (χ4v) is 4.00. The van der Waals surface area contributed by atoms with Gasteiger partial charge in [0.15, 0.2) is 0 Å². The zero-order valence-electron chi connectivity index (χ0n) is 11.2. The molecule has 0 aromatic rings. The maximum atomic E-state index is 12.2. The van der Waals surface area contributed by atoms with Gasteiger partial charge in [-0.2, -0.15) is 11.8 Å². The van der Waals surface area contributed by atoms with Crippen LogP contribution in [-0.4, -0.2) is 53.5 Å². The van der Waals surface area contributed by atoms with Crippen molar-refractivity contribution in [3.63, 3.8) is 0 Å². The van der Waals surface area contributed by atoms with Crippen LogP contribution in [0.25, 0.3) is 0 Å². The van der Waals surface area contributed by atoms with Crippen molar-refractivity contribution in [2.75, 3.05) is 37.8 Å². The molecule has 0 aliphatic carbocycles. The van der Waals surface area contributed by atoms with Crippen LogP contribution in [0.4, 0.5) is 0 Å². The minimum absolute atomic E-state index is 0.124. The largest absolute Gasteiger partial charge is 0.329 e. The van der Waals surface area contributed by atoms with Gasteiger partial charge in [0, 0.05) is 31.3 Å². The Labute approximate surface area is 109 Å². The number of rotatable bonds is 1. The Morgan fingerprint density at radius 3 is 2.82 bits per heavy atom. The molecule has 0 aromatic carbocycles. The first kappa shape index (κ1) is 13.2. The van der Waals surface area contributed by atoms with E-state index < -0.39 is 0 Å². The molecule has 2 aliphatic heterocycles. The van der Waals surface area contributed by atoms with E-state index in [9.17, 15) is 4.79 Å². The van der Waals surface area contributed by atoms with E-state index in [1.54, 1.807) is 0 Å². The first-order chi connectivity index (χ1) is 8.08. The summed E-state index contributed by atoms with van der Waals surface area (Å²) in [6.45, 7) is 10.4. The highest BCUT2D eigenvalue weighted by Gasteiger charge is 2.32. The van der Waals surface area contributed by atoms with Crippen LogP contribution < -0.4 is 0 Å². The highest BCUT2D eigenvalue weighted by atomic mass is 32.2. The van der Waals surface area contributed by atoms with Gasteiger partial charge in [-0.3, -0.25) is 9.69 Å². The van der Waals surface area contributed by atoms with Crippen LogP contribution >= 0.6 is 11.8 Å². The summed E-state index contributed by atoms with van der Waals surface area (Å²) in [6, 6.07) is 0. The van der Waals surface area contributed by atoms with E-state index in [1.165, 1.54) is 11.5 Å². The average Bonchev–Trinajstić information content (AvgIpc) is 2.35. The van der Waals surface area contributed by atoms with Gasteiger partial charge in [0.2, 0.25) is 5.91 Å². The van der Waals surface area contributed by atoms with Crippen molar-refractivity contribution in [1.29, 1.82) is 0 Å². The number of hydrogen-bond donors (Lipinski definition) is 0. The molecule has 3 atom stereocenters. The predicted octanol–water partition coefficient (Wildman–Crippen LogP) is 1.74. The molecule has 0 saturated carbocycles. The Morgan fingerprint density at radius 2 is 2.12 bits per heavy atom. The van der Waals surface area contributed by atoms with Gasteiger partial charge in [-0.05, 0) is 17.6 Å². The van der Waals surface area contributed by atoms with Gasteiger partial charge in [0.25, 0.3) is 0 Å². The van der Waals surface area contributed by atoms with Crippen LogP contribution in [0.1, 0.15) is 20.8 Å². The summed E-state index contributed by atoms with van der Waals surface area (Å²) >= 11 is 2.05. The number of carbonyl (C=O) groups excluding carboxylic acids is 1. The summed E-state index contributed by atoms with van der Waals surface area (Å²) in [7, 11) is 0. The summed E-state index contributed by atoms with van der Waals surface area (Å²) < 4.78 is 0. The van der Waals surface area contributed by atoms with Gasteiger partial charge in [-0.25, -0.2) is 0 Å². The molecule has 17 heavy (non-hydrogen) atoms. The molecular weight excluding hydrogens is 232 g/mol. The second-order valence-electron chi connectivity index (χ2n) is 5.75. The number of fused-ring (bicyclic) bond motifs is 3. The highest BCUT2D eigenvalue weighted by Crippen LogP contribution is 2.26. The quantitative estimate of drug-likeness (QED) is 0.714. The van der Waals surface area contributed by atoms with Gasteiger partial charge in [-0.15, -0.1) is 0 Å². The highest BCUT2D eigenvalue weighted by molar-refractivity contribution is 7.99. The van der Waals surface area contributed by atoms with Crippen molar-refractivity contribution in [2.45, 2.75) is 20.8 Å². The monoisotopic (exact) mass is 256 g/mol. The van der Waals surface area contributed by atoms with Crippen LogP contribution in [0.3, 0.4) is 0 Å². The number of carbonyl (C=O) groups is 1. The summed E-state index contributed by atoms with van der Waals surface area (Å²) in [5.74, 6) is 4.27. The average molecular weight is 256 g/mol. The number of hydrogen-bond acceptors (Lipinski definition) is 3. The molecule has 2 rings (SSSR count). The minimum Gasteiger partial charge on any atom is -0.329 e. The summed E-state index contributed by atoms with van der Waals surface area (Å²) in [5.41, 5.74) is 0. The van der Waals surface area contributed by atoms with Crippen molar-refractivity contribution >= 4 is 17.7 Å². The maximum Gasteiger partial charge on any atom is 0.226 e. The molecule has 4 heteroatoms. The van der Waals surface area contributed by atoms with Gasteiger partial charge in [-0.1, -0.05) is 20.8 Å². The van der Waals surface area contributed by atoms with Crippen molar-refractivity contribution in [2.24, 2.45) is 17.8 Å². The number of nitrogens with zero attached hydrogens (tertiary/aromatic N) is 2. The summed E-state index contributed by atoms with van der Waals surface area (Å²) in [4.78, 5) is 16.7. The lowest BCUT2D eigenvalue weighted by atomic mass is 9.95. The summed E-state index contributed by atoms with van der Waals surface area (Å²) in [5, 5.41) is 0. The smallest absolute Gasteiger partial charge is 0.226 e. The normalized spacial score (nSPS) is 34.4. The van der Waals surface area contributed by atoms with E-state index in [1.807, 2.05) is 13.8 Å². The van der Waals surface area contributed by atoms with Gasteiger partial charge >= 0.3 is 0 Å². The zero-order valence-corrected chi connectivity index (χ0v) is 12.0. The fourth-order valence-electron chi connectivity index (χ4n) is 2.71. The molecular formula is C13H24N2OS. The van der Waals surface area contributed by atoms with Gasteiger partial charge in [0.1, 0.15) is 0 Å². The van der Waals surface area contributed by atoms with E-state index in [2.05, 4.69) is 28.5 Å². The minimum atomic E-state index is 0.124. The lowest BCUT2D eigenvalue weighted by Crippen LogP contribution is -2.42. The molecule has 1 amide bonds. The molecule has 98 valence electrons. The van der Waals surface area contributed by atoms with Gasteiger partial charge < -0.3 is 4.90 Å². The first-order valence-electron chi connectivity index (χ1n) is 6.67. The molecule has 0 radical (unpaired) electrons. The zero-order chi connectivity index (χ0) is 12.4. The number of amides is 1. The Balaban J connectivity index is 2.13. The topological polar surface area (TPSA) is 23.6 Å². The third kappa shape index (κ3) is 3.16. The lowest BCUT2D eigenvalue weighted by Gasteiger charge is -2.28. The van der Waals surface area contributed by atoms with Crippen LogP contribution in [0.5, 0.6) is 0 Å². The first-order valence-corrected chi connectivity index (χ1v) is 7.82. The second kappa shape index (κ2) is 5.61. The Bertz CT molecular complexity index is 283. The maximum absolute atomic E-state index is 12.2. The standard InChI is InChI=1S/C13H24N2OS/c1-10(2)13(16)15-7-12-8-17-5-4-14(9-15)6-11(12)3/h10-12H,4-9H2,1-3H3. The molecule has 3 nitrogen and oxygen atoms in total. The van der Waals surface area contributed by atoms with Crippen molar-refractivity contribution in [3.05, 3.63) is 0 Å². The van der Waals surface area contributed by atoms with Crippen LogP contribution in [0.2, 0.25) is 0 Å². The van der Waals surface area contributed by atoms with E-state index in [0.29, 0.717) is 17.7 Å².